The number of aromatic nitrogens is 4. The highest BCUT2D eigenvalue weighted by Gasteiger charge is 2.11. The molecule has 0 unspecified atom stereocenters. The van der Waals surface area contributed by atoms with Crippen LogP contribution in [0.1, 0.15) is 5.56 Å². The third-order valence-electron chi connectivity index (χ3n) is 4.22. The molecule has 0 radical (unpaired) electrons. The second-order valence-electron chi connectivity index (χ2n) is 5.98. The third-order valence-corrected chi connectivity index (χ3v) is 4.22. The number of halogens is 1. The van der Waals surface area contributed by atoms with Crippen molar-refractivity contribution >= 4 is 23.1 Å². The highest BCUT2D eigenvalue weighted by Crippen LogP contribution is 2.23. The number of methoxy groups -OCH3 is 2. The molecular formula is C20H17FN6O2. The van der Waals surface area contributed by atoms with Gasteiger partial charge in [-0.1, -0.05) is 6.07 Å². The maximum absolute atomic E-state index is 13.8. The third kappa shape index (κ3) is 3.70. The zero-order valence-electron chi connectivity index (χ0n) is 15.7. The predicted octanol–water partition coefficient (Wildman–Crippen LogP) is 3.42. The Morgan fingerprint density at radius 3 is 2.79 bits per heavy atom. The lowest BCUT2D eigenvalue weighted by atomic mass is 10.2. The predicted molar refractivity (Wildman–Crippen MR) is 107 cm³/mol. The van der Waals surface area contributed by atoms with Crippen LogP contribution >= 0.6 is 0 Å². The number of anilines is 1. The molecule has 146 valence electrons. The summed E-state index contributed by atoms with van der Waals surface area (Å²) in [6.07, 6.45) is 4.56. The van der Waals surface area contributed by atoms with E-state index in [9.17, 15) is 4.39 Å². The highest BCUT2D eigenvalue weighted by molar-refractivity contribution is 5.88. The number of fused-ring (bicyclic) bond motifs is 1. The summed E-state index contributed by atoms with van der Waals surface area (Å²) < 4.78 is 25.6. The minimum absolute atomic E-state index is 0.178. The normalized spacial score (nSPS) is 11.1. The van der Waals surface area contributed by atoms with Gasteiger partial charge in [0.05, 0.1) is 37.7 Å². The van der Waals surface area contributed by atoms with E-state index in [-0.39, 0.29) is 5.75 Å². The molecule has 9 heteroatoms. The summed E-state index contributed by atoms with van der Waals surface area (Å²) >= 11 is 0. The Kier molecular flexibility index (Phi) is 5.02. The van der Waals surface area contributed by atoms with Crippen molar-refractivity contribution in [3.05, 3.63) is 66.4 Å². The molecule has 0 bridgehead atoms. The maximum Gasteiger partial charge on any atom is 0.168 e. The van der Waals surface area contributed by atoms with Gasteiger partial charge in [-0.05, 0) is 35.9 Å². The number of ether oxygens (including phenoxy) is 2. The smallest absolute Gasteiger partial charge is 0.168 e. The zero-order chi connectivity index (χ0) is 20.2. The lowest BCUT2D eigenvalue weighted by Crippen LogP contribution is -2.00. The monoisotopic (exact) mass is 392 g/mol. The Bertz CT molecular complexity index is 1190. The minimum atomic E-state index is -0.458. The fraction of sp³-hybridized carbons (Fsp3) is 0.100. The fourth-order valence-electron chi connectivity index (χ4n) is 2.80. The molecule has 2 aromatic carbocycles. The SMILES string of the molecule is COc1cccc(-n2ncc3c(N/N=C/c4ccc(OC)c(F)c4)ncnc32)c1. The molecule has 0 amide bonds. The van der Waals surface area contributed by atoms with Gasteiger partial charge in [-0.2, -0.15) is 10.2 Å². The largest absolute Gasteiger partial charge is 0.497 e. The van der Waals surface area contributed by atoms with Crippen LogP contribution in [0.15, 0.2) is 60.1 Å². The molecule has 4 aromatic rings. The van der Waals surface area contributed by atoms with Crippen LogP contribution < -0.4 is 14.9 Å². The van der Waals surface area contributed by atoms with Crippen molar-refractivity contribution in [3.63, 3.8) is 0 Å². The van der Waals surface area contributed by atoms with Gasteiger partial charge in [0.25, 0.3) is 0 Å². The van der Waals surface area contributed by atoms with Crippen LogP contribution in [0.5, 0.6) is 11.5 Å². The lowest BCUT2D eigenvalue weighted by molar-refractivity contribution is 0.386. The van der Waals surface area contributed by atoms with Crippen LogP contribution in [-0.4, -0.2) is 40.2 Å². The first-order chi connectivity index (χ1) is 14.2. The fourth-order valence-corrected chi connectivity index (χ4v) is 2.80. The molecule has 0 aliphatic carbocycles. The van der Waals surface area contributed by atoms with E-state index in [1.165, 1.54) is 31.8 Å². The first kappa shape index (κ1) is 18.4. The van der Waals surface area contributed by atoms with Crippen LogP contribution in [0.2, 0.25) is 0 Å². The van der Waals surface area contributed by atoms with Gasteiger partial charge in [-0.3, -0.25) is 5.43 Å². The van der Waals surface area contributed by atoms with Gasteiger partial charge in [-0.15, -0.1) is 0 Å². The van der Waals surface area contributed by atoms with Crippen molar-refractivity contribution in [1.29, 1.82) is 0 Å². The molecule has 2 heterocycles. The number of hydrogen-bond donors (Lipinski definition) is 1. The van der Waals surface area contributed by atoms with Gasteiger partial charge < -0.3 is 9.47 Å². The van der Waals surface area contributed by atoms with E-state index in [1.54, 1.807) is 24.1 Å². The Morgan fingerprint density at radius 2 is 2.00 bits per heavy atom. The first-order valence-corrected chi connectivity index (χ1v) is 8.65. The van der Waals surface area contributed by atoms with Gasteiger partial charge >= 0.3 is 0 Å². The number of nitrogens with zero attached hydrogens (tertiary/aromatic N) is 5. The zero-order valence-corrected chi connectivity index (χ0v) is 15.7. The highest BCUT2D eigenvalue weighted by atomic mass is 19.1. The molecular weight excluding hydrogens is 375 g/mol. The Morgan fingerprint density at radius 1 is 1.10 bits per heavy atom. The van der Waals surface area contributed by atoms with Crippen molar-refractivity contribution in [2.45, 2.75) is 0 Å². The van der Waals surface area contributed by atoms with Crippen LogP contribution in [0.25, 0.3) is 16.7 Å². The Hall–Kier alpha value is -4.01. The van der Waals surface area contributed by atoms with Gasteiger partial charge in [0.15, 0.2) is 23.0 Å². The van der Waals surface area contributed by atoms with Gasteiger partial charge in [0.1, 0.15) is 12.1 Å². The molecule has 29 heavy (non-hydrogen) atoms. The molecule has 0 fully saturated rings. The molecule has 0 aliphatic rings. The average Bonchev–Trinajstić information content (AvgIpc) is 3.19. The number of benzene rings is 2. The molecule has 8 nitrogen and oxygen atoms in total. The van der Waals surface area contributed by atoms with Gasteiger partial charge in [-0.25, -0.2) is 19.0 Å². The van der Waals surface area contributed by atoms with Crippen LogP contribution in [0.3, 0.4) is 0 Å². The molecule has 0 saturated heterocycles. The van der Waals surface area contributed by atoms with Crippen LogP contribution in [0, 0.1) is 5.82 Å². The summed E-state index contributed by atoms with van der Waals surface area (Å²) in [4.78, 5) is 8.54. The molecule has 2 aromatic heterocycles. The summed E-state index contributed by atoms with van der Waals surface area (Å²) in [7, 11) is 3.02. The Labute approximate surface area is 165 Å². The second kappa shape index (κ2) is 7.93. The van der Waals surface area contributed by atoms with Crippen LogP contribution in [-0.2, 0) is 0 Å². The molecule has 1 N–H and O–H groups in total. The van der Waals surface area contributed by atoms with Crippen molar-refractivity contribution in [2.75, 3.05) is 19.6 Å². The molecule has 4 rings (SSSR count). The quantitative estimate of drug-likeness (QED) is 0.400. The van der Waals surface area contributed by atoms with E-state index in [2.05, 4.69) is 25.6 Å². The minimum Gasteiger partial charge on any atom is -0.497 e. The summed E-state index contributed by atoms with van der Waals surface area (Å²) in [6.45, 7) is 0. The van der Waals surface area contributed by atoms with Crippen molar-refractivity contribution < 1.29 is 13.9 Å². The van der Waals surface area contributed by atoms with E-state index >= 15 is 0 Å². The van der Waals surface area contributed by atoms with E-state index in [1.807, 2.05) is 24.3 Å². The summed E-state index contributed by atoms with van der Waals surface area (Å²) in [5.41, 5.74) is 4.85. The van der Waals surface area contributed by atoms with E-state index in [0.717, 1.165) is 11.4 Å². The van der Waals surface area contributed by atoms with E-state index in [0.29, 0.717) is 22.4 Å². The van der Waals surface area contributed by atoms with E-state index in [4.69, 9.17) is 9.47 Å². The van der Waals surface area contributed by atoms with Gasteiger partial charge in [0.2, 0.25) is 0 Å². The van der Waals surface area contributed by atoms with E-state index < -0.39 is 5.82 Å². The van der Waals surface area contributed by atoms with Gasteiger partial charge in [0, 0.05) is 6.07 Å². The number of rotatable bonds is 6. The standard InChI is InChI=1S/C20H17FN6O2/c1-28-15-5-3-4-14(9-15)27-20-16(11-25-27)19(22-12-23-20)26-24-10-13-6-7-18(29-2)17(21)8-13/h3-12H,1-2H3,(H,22,23,26)/b24-10+. The number of hydrogen-bond acceptors (Lipinski definition) is 7. The molecule has 0 saturated carbocycles. The number of nitrogens with one attached hydrogen (secondary N) is 1. The lowest BCUT2D eigenvalue weighted by Gasteiger charge is -2.06. The Balaban J connectivity index is 1.60. The average molecular weight is 392 g/mol. The first-order valence-electron chi connectivity index (χ1n) is 8.65. The topological polar surface area (TPSA) is 86.5 Å². The summed E-state index contributed by atoms with van der Waals surface area (Å²) in [5, 5.41) is 9.23. The van der Waals surface area contributed by atoms with Crippen molar-refractivity contribution in [1.82, 2.24) is 19.7 Å². The number of hydrazone groups is 1. The second-order valence-corrected chi connectivity index (χ2v) is 5.98. The molecule has 0 spiro atoms. The molecule has 0 atom stereocenters. The summed E-state index contributed by atoms with van der Waals surface area (Å²) in [5.74, 6) is 0.919. The molecule has 0 aliphatic heterocycles. The van der Waals surface area contributed by atoms with Crippen LogP contribution in [0.4, 0.5) is 10.2 Å². The van der Waals surface area contributed by atoms with Crippen molar-refractivity contribution in [2.24, 2.45) is 5.10 Å². The maximum atomic E-state index is 13.8. The van der Waals surface area contributed by atoms with Crippen molar-refractivity contribution in [3.8, 4) is 17.2 Å². The summed E-state index contributed by atoms with van der Waals surface area (Å²) in [6, 6.07) is 12.1.